The number of Topliss-reactive ketones (excluding diaryl/α,β-unsaturated/α-hetero) is 1. The first-order chi connectivity index (χ1) is 6.57. The molecule has 0 aliphatic rings. The third-order valence-corrected chi connectivity index (χ3v) is 3.06. The molecule has 0 fully saturated rings. The van der Waals surface area contributed by atoms with Crippen LogP contribution in [0.3, 0.4) is 0 Å². The lowest BCUT2D eigenvalue weighted by atomic mass is 10.1. The smallest absolute Gasteiger partial charge is 0.152 e. The summed E-state index contributed by atoms with van der Waals surface area (Å²) in [5.74, 6) is 0.520. The zero-order valence-corrected chi connectivity index (χ0v) is 10.2. The van der Waals surface area contributed by atoms with E-state index in [1.165, 1.54) is 6.92 Å². The Balaban J connectivity index is 3.23. The molecular formula is C10H10BrClO2. The zero-order valence-electron chi connectivity index (χ0n) is 7.88. The molecule has 4 heteroatoms. The van der Waals surface area contributed by atoms with Gasteiger partial charge in [0.05, 0.1) is 7.11 Å². The Kier molecular flexibility index (Phi) is 3.96. The summed E-state index contributed by atoms with van der Waals surface area (Å²) < 4.78 is 5.92. The lowest BCUT2D eigenvalue weighted by molar-refractivity contribution is -0.116. The summed E-state index contributed by atoms with van der Waals surface area (Å²) in [6.45, 7) is 1.45. The first-order valence-electron chi connectivity index (χ1n) is 4.05. The minimum absolute atomic E-state index is 0.100. The molecule has 1 aromatic rings. The van der Waals surface area contributed by atoms with Crippen LogP contribution in [0.15, 0.2) is 22.7 Å². The van der Waals surface area contributed by atoms with Crippen LogP contribution in [0.4, 0.5) is 0 Å². The Morgan fingerprint density at radius 2 is 2.21 bits per heavy atom. The molecule has 0 aromatic heterocycles. The van der Waals surface area contributed by atoms with Gasteiger partial charge >= 0.3 is 0 Å². The van der Waals surface area contributed by atoms with Gasteiger partial charge in [-0.25, -0.2) is 0 Å². The van der Waals surface area contributed by atoms with E-state index in [9.17, 15) is 4.79 Å². The number of benzene rings is 1. The van der Waals surface area contributed by atoms with Crippen molar-refractivity contribution in [3.63, 3.8) is 0 Å². The SMILES string of the molecule is COc1cccc(Br)c1C(Cl)C(C)=O. The second kappa shape index (κ2) is 4.80. The van der Waals surface area contributed by atoms with Gasteiger partial charge in [-0.2, -0.15) is 0 Å². The summed E-state index contributed by atoms with van der Waals surface area (Å²) >= 11 is 9.31. The highest BCUT2D eigenvalue weighted by Crippen LogP contribution is 2.36. The highest BCUT2D eigenvalue weighted by molar-refractivity contribution is 9.10. The van der Waals surface area contributed by atoms with Crippen molar-refractivity contribution in [1.29, 1.82) is 0 Å². The van der Waals surface area contributed by atoms with Gasteiger partial charge in [-0.05, 0) is 19.1 Å². The number of halogens is 2. The van der Waals surface area contributed by atoms with E-state index in [4.69, 9.17) is 16.3 Å². The van der Waals surface area contributed by atoms with Crippen LogP contribution < -0.4 is 4.74 Å². The van der Waals surface area contributed by atoms with Crippen LogP contribution in [0.2, 0.25) is 0 Å². The van der Waals surface area contributed by atoms with Crippen LogP contribution in [0, 0.1) is 0 Å². The summed E-state index contributed by atoms with van der Waals surface area (Å²) in [6, 6.07) is 5.44. The third kappa shape index (κ3) is 2.28. The van der Waals surface area contributed by atoms with Crippen molar-refractivity contribution in [3.05, 3.63) is 28.2 Å². The predicted molar refractivity (Wildman–Crippen MR) is 60.0 cm³/mol. The number of carbonyl (C=O) groups excluding carboxylic acids is 1. The Morgan fingerprint density at radius 1 is 1.57 bits per heavy atom. The largest absolute Gasteiger partial charge is 0.496 e. The van der Waals surface area contributed by atoms with E-state index in [-0.39, 0.29) is 5.78 Å². The molecule has 0 aliphatic heterocycles. The average molecular weight is 278 g/mol. The quantitative estimate of drug-likeness (QED) is 0.792. The van der Waals surface area contributed by atoms with Crippen LogP contribution in [-0.4, -0.2) is 12.9 Å². The monoisotopic (exact) mass is 276 g/mol. The topological polar surface area (TPSA) is 26.3 Å². The molecule has 2 nitrogen and oxygen atoms in total. The molecule has 76 valence electrons. The molecule has 0 N–H and O–H groups in total. The maximum absolute atomic E-state index is 11.2. The molecule has 0 amide bonds. The van der Waals surface area contributed by atoms with E-state index in [1.54, 1.807) is 13.2 Å². The number of alkyl halides is 1. The van der Waals surface area contributed by atoms with Gasteiger partial charge in [0, 0.05) is 10.0 Å². The van der Waals surface area contributed by atoms with Crippen molar-refractivity contribution < 1.29 is 9.53 Å². The summed E-state index contributed by atoms with van der Waals surface area (Å²) in [5, 5.41) is -0.666. The Bertz CT molecular complexity index is 352. The van der Waals surface area contributed by atoms with Crippen LogP contribution in [0.25, 0.3) is 0 Å². The molecule has 1 atom stereocenters. The normalized spacial score (nSPS) is 12.3. The molecule has 0 saturated heterocycles. The van der Waals surface area contributed by atoms with E-state index < -0.39 is 5.38 Å². The first-order valence-corrected chi connectivity index (χ1v) is 5.27. The Hall–Kier alpha value is -0.540. The van der Waals surface area contributed by atoms with E-state index in [2.05, 4.69) is 15.9 Å². The number of methoxy groups -OCH3 is 1. The molecule has 1 unspecified atom stereocenters. The summed E-state index contributed by atoms with van der Waals surface area (Å²) in [4.78, 5) is 11.2. The predicted octanol–water partition coefficient (Wildman–Crippen LogP) is 3.33. The van der Waals surface area contributed by atoms with Gasteiger partial charge in [0.2, 0.25) is 0 Å². The van der Waals surface area contributed by atoms with Crippen LogP contribution in [0.5, 0.6) is 5.75 Å². The fraction of sp³-hybridized carbons (Fsp3) is 0.300. The number of ether oxygens (including phenoxy) is 1. The van der Waals surface area contributed by atoms with Gasteiger partial charge < -0.3 is 4.74 Å². The fourth-order valence-electron chi connectivity index (χ4n) is 1.14. The standard InChI is InChI=1S/C10H10BrClO2/c1-6(13)10(12)9-7(11)4-3-5-8(9)14-2/h3-5,10H,1-2H3. The first kappa shape index (κ1) is 11.5. The summed E-state index contributed by atoms with van der Waals surface area (Å²) in [6.07, 6.45) is 0. The van der Waals surface area contributed by atoms with Gasteiger partial charge in [-0.15, -0.1) is 11.6 Å². The van der Waals surface area contributed by atoms with E-state index in [1.807, 2.05) is 12.1 Å². The van der Waals surface area contributed by atoms with Crippen molar-refractivity contribution in [2.75, 3.05) is 7.11 Å². The van der Waals surface area contributed by atoms with E-state index >= 15 is 0 Å². The van der Waals surface area contributed by atoms with Gasteiger partial charge in [0.1, 0.15) is 11.1 Å². The van der Waals surface area contributed by atoms with Crippen LogP contribution in [0.1, 0.15) is 17.9 Å². The number of hydrogen-bond donors (Lipinski definition) is 0. The number of carbonyl (C=O) groups is 1. The third-order valence-electron chi connectivity index (χ3n) is 1.84. The molecule has 0 radical (unpaired) electrons. The summed E-state index contributed by atoms with van der Waals surface area (Å²) in [7, 11) is 1.55. The lowest BCUT2D eigenvalue weighted by Crippen LogP contribution is -2.04. The van der Waals surface area contributed by atoms with Crippen molar-refractivity contribution in [2.45, 2.75) is 12.3 Å². The zero-order chi connectivity index (χ0) is 10.7. The minimum Gasteiger partial charge on any atom is -0.496 e. The number of ketones is 1. The Labute approximate surface area is 96.3 Å². The lowest BCUT2D eigenvalue weighted by Gasteiger charge is -2.13. The molecule has 0 bridgehead atoms. The van der Waals surface area contributed by atoms with Crippen molar-refractivity contribution in [2.24, 2.45) is 0 Å². The van der Waals surface area contributed by atoms with E-state index in [0.717, 1.165) is 4.47 Å². The molecule has 14 heavy (non-hydrogen) atoms. The molecule has 0 spiro atoms. The van der Waals surface area contributed by atoms with E-state index in [0.29, 0.717) is 11.3 Å². The summed E-state index contributed by atoms with van der Waals surface area (Å²) in [5.41, 5.74) is 0.684. The minimum atomic E-state index is -0.666. The van der Waals surface area contributed by atoms with Gasteiger partial charge in [0.25, 0.3) is 0 Å². The second-order valence-corrected chi connectivity index (χ2v) is 4.12. The van der Waals surface area contributed by atoms with Crippen LogP contribution in [-0.2, 0) is 4.79 Å². The fourth-order valence-corrected chi connectivity index (χ4v) is 2.08. The molecule has 0 aliphatic carbocycles. The average Bonchev–Trinajstić information content (AvgIpc) is 2.16. The van der Waals surface area contributed by atoms with Gasteiger partial charge in [0.15, 0.2) is 5.78 Å². The van der Waals surface area contributed by atoms with Crippen molar-refractivity contribution in [1.82, 2.24) is 0 Å². The maximum atomic E-state index is 11.2. The number of hydrogen-bond acceptors (Lipinski definition) is 2. The highest BCUT2D eigenvalue weighted by atomic mass is 79.9. The van der Waals surface area contributed by atoms with Crippen molar-refractivity contribution >= 4 is 33.3 Å². The number of rotatable bonds is 3. The molecular weight excluding hydrogens is 267 g/mol. The molecule has 1 aromatic carbocycles. The molecule has 0 saturated carbocycles. The van der Waals surface area contributed by atoms with Crippen LogP contribution >= 0.6 is 27.5 Å². The molecule has 1 rings (SSSR count). The Morgan fingerprint density at radius 3 is 2.71 bits per heavy atom. The molecule has 0 heterocycles. The van der Waals surface area contributed by atoms with Crippen molar-refractivity contribution in [3.8, 4) is 5.75 Å². The second-order valence-electron chi connectivity index (χ2n) is 2.83. The van der Waals surface area contributed by atoms with Gasteiger partial charge in [-0.1, -0.05) is 22.0 Å². The highest BCUT2D eigenvalue weighted by Gasteiger charge is 2.20. The van der Waals surface area contributed by atoms with Gasteiger partial charge in [-0.3, -0.25) is 4.79 Å². The maximum Gasteiger partial charge on any atom is 0.152 e.